The van der Waals surface area contributed by atoms with Crippen LogP contribution in [0.15, 0.2) is 54.6 Å². The largest absolute Gasteiger partial charge is 0.373 e. The quantitative estimate of drug-likeness (QED) is 0.637. The Morgan fingerprint density at radius 2 is 1.48 bits per heavy atom. The van der Waals surface area contributed by atoms with Crippen molar-refractivity contribution in [2.24, 2.45) is 0 Å². The third-order valence-corrected chi connectivity index (χ3v) is 4.68. The number of hydrogen-bond donors (Lipinski definition) is 0. The van der Waals surface area contributed by atoms with Crippen molar-refractivity contribution < 1.29 is 4.79 Å². The van der Waals surface area contributed by atoms with Crippen LogP contribution in [-0.4, -0.2) is 64.1 Å². The fourth-order valence-electron chi connectivity index (χ4n) is 3.31. The lowest BCUT2D eigenvalue weighted by atomic mass is 9.86. The zero-order valence-corrected chi connectivity index (χ0v) is 17.1. The second-order valence-corrected chi connectivity index (χ2v) is 7.48. The monoisotopic (exact) mass is 365 g/mol. The molecule has 27 heavy (non-hydrogen) atoms. The maximum Gasteiger partial charge on any atom is 0.121 e. The molecule has 0 aromatic heterocycles. The van der Waals surface area contributed by atoms with Gasteiger partial charge in [0.25, 0.3) is 0 Å². The molecule has 0 aliphatic heterocycles. The van der Waals surface area contributed by atoms with Gasteiger partial charge in [-0.25, -0.2) is 4.79 Å². The molecule has 2 rings (SSSR count). The van der Waals surface area contributed by atoms with Gasteiger partial charge in [0.2, 0.25) is 0 Å². The van der Waals surface area contributed by atoms with Gasteiger partial charge < -0.3 is 14.7 Å². The summed E-state index contributed by atoms with van der Waals surface area (Å²) < 4.78 is 0. The van der Waals surface area contributed by atoms with Crippen LogP contribution in [0.25, 0.3) is 0 Å². The highest BCUT2D eigenvalue weighted by Crippen LogP contribution is 2.34. The van der Waals surface area contributed by atoms with Gasteiger partial charge in [-0.15, -0.1) is 0 Å². The smallest absolute Gasteiger partial charge is 0.121 e. The van der Waals surface area contributed by atoms with E-state index in [9.17, 15) is 4.79 Å². The second kappa shape index (κ2) is 10.1. The van der Waals surface area contributed by atoms with Gasteiger partial charge in [-0.2, -0.15) is 0 Å². The lowest BCUT2D eigenvalue weighted by Gasteiger charge is -2.27. The van der Waals surface area contributed by atoms with E-state index in [-0.39, 0.29) is 5.92 Å². The molecule has 0 saturated carbocycles. The molecule has 2 aromatic carbocycles. The fraction of sp³-hybridized carbons (Fsp3) is 0.391. The molecule has 4 heteroatoms. The first-order valence-electron chi connectivity index (χ1n) is 9.32. The fourth-order valence-corrected chi connectivity index (χ4v) is 3.31. The number of para-hydroxylation sites is 1. The number of allylic oxidation sites excluding steroid dienone is 1. The summed E-state index contributed by atoms with van der Waals surface area (Å²) in [7, 11) is 10.4. The molecule has 0 aliphatic rings. The molecule has 0 radical (unpaired) electrons. The molecule has 1 unspecified atom stereocenters. The molecule has 2 aromatic rings. The predicted octanol–water partition coefficient (Wildman–Crippen LogP) is 3.27. The van der Waals surface area contributed by atoms with Gasteiger partial charge in [-0.3, -0.25) is 0 Å². The second-order valence-electron chi connectivity index (χ2n) is 7.48. The summed E-state index contributed by atoms with van der Waals surface area (Å²) in [4.78, 5) is 18.0. The minimum atomic E-state index is -0.114. The van der Waals surface area contributed by atoms with Crippen molar-refractivity contribution in [1.29, 1.82) is 0 Å². The number of rotatable bonds is 9. The Kier molecular flexibility index (Phi) is 7.81. The van der Waals surface area contributed by atoms with E-state index in [1.807, 2.05) is 18.1 Å². The SMILES string of the molecule is CN(C)CCN(C)c1ccccc1C(C=C=O)c1ccccc1CN(C)C. The van der Waals surface area contributed by atoms with E-state index in [1.54, 1.807) is 6.08 Å². The van der Waals surface area contributed by atoms with Crippen LogP contribution >= 0.6 is 0 Å². The third-order valence-electron chi connectivity index (χ3n) is 4.68. The number of nitrogens with zero attached hydrogens (tertiary/aromatic N) is 3. The van der Waals surface area contributed by atoms with E-state index in [2.05, 4.69) is 86.3 Å². The first-order valence-corrected chi connectivity index (χ1v) is 9.32. The normalized spacial score (nSPS) is 12.1. The van der Waals surface area contributed by atoms with Gasteiger partial charge in [0, 0.05) is 44.4 Å². The molecular formula is C23H31N3O. The molecule has 0 aliphatic carbocycles. The summed E-state index contributed by atoms with van der Waals surface area (Å²) in [5.74, 6) is 1.93. The molecule has 0 amide bonds. The van der Waals surface area contributed by atoms with E-state index in [0.29, 0.717) is 0 Å². The Morgan fingerprint density at radius 3 is 2.11 bits per heavy atom. The number of anilines is 1. The topological polar surface area (TPSA) is 26.8 Å². The average Bonchev–Trinajstić information content (AvgIpc) is 2.64. The Hall–Kier alpha value is -2.39. The Labute approximate surface area is 163 Å². The summed E-state index contributed by atoms with van der Waals surface area (Å²) in [6, 6.07) is 16.7. The van der Waals surface area contributed by atoms with Crippen molar-refractivity contribution in [3.8, 4) is 0 Å². The number of carbonyl (C=O) groups excluding carboxylic acids is 1. The summed E-state index contributed by atoms with van der Waals surface area (Å²) in [6.45, 7) is 2.72. The molecule has 0 fully saturated rings. The highest BCUT2D eigenvalue weighted by atomic mass is 16.1. The van der Waals surface area contributed by atoms with Crippen LogP contribution in [0.5, 0.6) is 0 Å². The van der Waals surface area contributed by atoms with E-state index in [1.165, 1.54) is 5.56 Å². The van der Waals surface area contributed by atoms with Gasteiger partial charge in [-0.05, 0) is 50.9 Å². The summed E-state index contributed by atoms with van der Waals surface area (Å²) in [6.07, 6.45) is 1.65. The van der Waals surface area contributed by atoms with Crippen molar-refractivity contribution in [3.05, 3.63) is 71.3 Å². The molecule has 0 N–H and O–H groups in total. The molecule has 144 valence electrons. The van der Waals surface area contributed by atoms with E-state index >= 15 is 0 Å². The molecule has 0 spiro atoms. The minimum absolute atomic E-state index is 0.114. The maximum absolute atomic E-state index is 11.4. The number of likely N-dealkylation sites (N-methyl/N-ethyl adjacent to an activating group) is 2. The highest BCUT2D eigenvalue weighted by Gasteiger charge is 2.20. The Morgan fingerprint density at radius 1 is 0.852 bits per heavy atom. The van der Waals surface area contributed by atoms with Crippen molar-refractivity contribution in [3.63, 3.8) is 0 Å². The minimum Gasteiger partial charge on any atom is -0.373 e. The van der Waals surface area contributed by atoms with Crippen LogP contribution < -0.4 is 4.90 Å². The van der Waals surface area contributed by atoms with E-state index in [0.717, 1.165) is 36.4 Å². The predicted molar refractivity (Wildman–Crippen MR) is 114 cm³/mol. The van der Waals surface area contributed by atoms with Crippen LogP contribution in [0.1, 0.15) is 22.6 Å². The zero-order chi connectivity index (χ0) is 19.8. The lowest BCUT2D eigenvalue weighted by molar-refractivity contribution is 0.401. The van der Waals surface area contributed by atoms with E-state index < -0.39 is 0 Å². The first kappa shape index (κ1) is 20.9. The van der Waals surface area contributed by atoms with Crippen molar-refractivity contribution in [2.45, 2.75) is 12.5 Å². The summed E-state index contributed by atoms with van der Waals surface area (Å²) in [5.41, 5.74) is 4.66. The van der Waals surface area contributed by atoms with Crippen LogP contribution in [-0.2, 0) is 11.3 Å². The van der Waals surface area contributed by atoms with Crippen LogP contribution in [0.3, 0.4) is 0 Å². The number of benzene rings is 2. The average molecular weight is 366 g/mol. The highest BCUT2D eigenvalue weighted by molar-refractivity contribution is 5.62. The number of hydrogen-bond acceptors (Lipinski definition) is 4. The zero-order valence-electron chi connectivity index (χ0n) is 17.1. The van der Waals surface area contributed by atoms with Gasteiger partial charge in [0.1, 0.15) is 5.94 Å². The Bertz CT molecular complexity index is 779. The third kappa shape index (κ3) is 5.80. The Balaban J connectivity index is 2.49. The van der Waals surface area contributed by atoms with Crippen molar-refractivity contribution in [1.82, 2.24) is 9.80 Å². The molecule has 0 heterocycles. The van der Waals surface area contributed by atoms with Crippen LogP contribution in [0.4, 0.5) is 5.69 Å². The lowest BCUT2D eigenvalue weighted by Crippen LogP contribution is -2.29. The summed E-state index contributed by atoms with van der Waals surface area (Å²) >= 11 is 0. The molecule has 4 nitrogen and oxygen atoms in total. The first-order chi connectivity index (χ1) is 12.9. The van der Waals surface area contributed by atoms with Crippen LogP contribution in [0, 0.1) is 0 Å². The van der Waals surface area contributed by atoms with Gasteiger partial charge >= 0.3 is 0 Å². The van der Waals surface area contributed by atoms with E-state index in [4.69, 9.17) is 0 Å². The van der Waals surface area contributed by atoms with Crippen molar-refractivity contribution in [2.75, 3.05) is 53.2 Å². The molecule has 0 saturated heterocycles. The molecule has 1 atom stereocenters. The standard InChI is InChI=1S/C23H31N3O/c1-24(2)15-16-26(5)23-13-9-8-12-22(23)21(14-17-27)20-11-7-6-10-19(20)18-25(3)4/h6-14,21H,15-16,18H2,1-5H3. The molecular weight excluding hydrogens is 334 g/mol. The van der Waals surface area contributed by atoms with Crippen molar-refractivity contribution >= 4 is 11.6 Å². The maximum atomic E-state index is 11.4. The van der Waals surface area contributed by atoms with Gasteiger partial charge in [-0.1, -0.05) is 42.5 Å². The van der Waals surface area contributed by atoms with Gasteiger partial charge in [0.05, 0.1) is 0 Å². The van der Waals surface area contributed by atoms with Gasteiger partial charge in [0.15, 0.2) is 0 Å². The summed E-state index contributed by atoms with van der Waals surface area (Å²) in [5, 5.41) is 0. The molecule has 0 bridgehead atoms. The van der Waals surface area contributed by atoms with Crippen LogP contribution in [0.2, 0.25) is 0 Å².